The maximum Gasteiger partial charge on any atom is 0.258 e. The van der Waals surface area contributed by atoms with Gasteiger partial charge in [-0.05, 0) is 61.4 Å². The Hall–Kier alpha value is -3.14. The molecule has 136 valence electrons. The summed E-state index contributed by atoms with van der Waals surface area (Å²) in [5, 5.41) is 3.59. The van der Waals surface area contributed by atoms with Gasteiger partial charge in [0.15, 0.2) is 0 Å². The van der Waals surface area contributed by atoms with E-state index in [1.807, 2.05) is 53.4 Å². The minimum Gasteiger partial charge on any atom is -0.378 e. The van der Waals surface area contributed by atoms with Crippen LogP contribution in [0.4, 0.5) is 15.8 Å². The Balaban J connectivity index is 1.68. The Morgan fingerprint density at radius 2 is 1.63 bits per heavy atom. The van der Waals surface area contributed by atoms with E-state index in [-0.39, 0.29) is 23.8 Å². The molecule has 1 heterocycles. The van der Waals surface area contributed by atoms with Crippen molar-refractivity contribution in [3.8, 4) is 0 Å². The standard InChI is InChI=1S/C23H21FN2O/c1-16-15-21(25-19-7-3-2-4-8-19)20-9-5-6-10-22(20)26(16)23(27)17-11-13-18(24)14-12-17/h2-14,16,21,25H,15H2,1H3/t16-,21+/m0/s1. The highest BCUT2D eigenvalue weighted by Gasteiger charge is 2.34. The van der Waals surface area contributed by atoms with Gasteiger partial charge in [0.2, 0.25) is 0 Å². The maximum absolute atomic E-state index is 13.2. The van der Waals surface area contributed by atoms with Gasteiger partial charge >= 0.3 is 0 Å². The molecule has 0 aliphatic carbocycles. The van der Waals surface area contributed by atoms with Gasteiger partial charge in [-0.3, -0.25) is 4.79 Å². The summed E-state index contributed by atoms with van der Waals surface area (Å²) in [5.74, 6) is -0.445. The summed E-state index contributed by atoms with van der Waals surface area (Å²) in [6.07, 6.45) is 0.791. The Labute approximate surface area is 158 Å². The fourth-order valence-corrected chi connectivity index (χ4v) is 3.73. The number of rotatable bonds is 3. The lowest BCUT2D eigenvalue weighted by Crippen LogP contribution is -2.44. The van der Waals surface area contributed by atoms with Gasteiger partial charge in [0.25, 0.3) is 5.91 Å². The van der Waals surface area contributed by atoms with E-state index in [4.69, 9.17) is 0 Å². The molecule has 0 unspecified atom stereocenters. The van der Waals surface area contributed by atoms with Crippen LogP contribution in [-0.4, -0.2) is 11.9 Å². The molecule has 1 aliphatic rings. The summed E-state index contributed by atoms with van der Waals surface area (Å²) < 4.78 is 13.2. The second kappa shape index (κ2) is 7.23. The largest absolute Gasteiger partial charge is 0.378 e. The first-order valence-electron chi connectivity index (χ1n) is 9.13. The van der Waals surface area contributed by atoms with E-state index >= 15 is 0 Å². The van der Waals surface area contributed by atoms with Gasteiger partial charge in [-0.1, -0.05) is 36.4 Å². The zero-order chi connectivity index (χ0) is 18.8. The third kappa shape index (κ3) is 3.43. The Kier molecular flexibility index (Phi) is 4.63. The van der Waals surface area contributed by atoms with Crippen molar-refractivity contribution in [1.29, 1.82) is 0 Å². The summed E-state index contributed by atoms with van der Waals surface area (Å²) in [4.78, 5) is 15.0. The van der Waals surface area contributed by atoms with Gasteiger partial charge in [-0.15, -0.1) is 0 Å². The number of anilines is 2. The molecule has 0 spiro atoms. The third-order valence-electron chi connectivity index (χ3n) is 5.01. The van der Waals surface area contributed by atoms with E-state index in [1.165, 1.54) is 12.1 Å². The number of halogens is 1. The number of benzene rings is 3. The van der Waals surface area contributed by atoms with Crippen molar-refractivity contribution in [3.63, 3.8) is 0 Å². The van der Waals surface area contributed by atoms with Crippen molar-refractivity contribution < 1.29 is 9.18 Å². The lowest BCUT2D eigenvalue weighted by atomic mass is 9.90. The number of hydrogen-bond donors (Lipinski definition) is 1. The second-order valence-corrected chi connectivity index (χ2v) is 6.89. The first kappa shape index (κ1) is 17.3. The minimum atomic E-state index is -0.342. The molecule has 0 bridgehead atoms. The second-order valence-electron chi connectivity index (χ2n) is 6.89. The van der Waals surface area contributed by atoms with Crippen LogP contribution in [0.5, 0.6) is 0 Å². The molecule has 0 saturated heterocycles. The number of fused-ring (bicyclic) bond motifs is 1. The van der Waals surface area contributed by atoms with Crippen molar-refractivity contribution in [1.82, 2.24) is 0 Å². The van der Waals surface area contributed by atoms with Crippen molar-refractivity contribution in [2.75, 3.05) is 10.2 Å². The number of carbonyl (C=O) groups is 1. The highest BCUT2D eigenvalue weighted by molar-refractivity contribution is 6.07. The number of nitrogens with zero attached hydrogens (tertiary/aromatic N) is 1. The molecule has 3 aromatic carbocycles. The predicted octanol–water partition coefficient (Wildman–Crippen LogP) is 5.42. The first-order valence-corrected chi connectivity index (χ1v) is 9.13. The van der Waals surface area contributed by atoms with Crippen LogP contribution in [0.3, 0.4) is 0 Å². The highest BCUT2D eigenvalue weighted by Crippen LogP contribution is 2.39. The molecule has 1 N–H and O–H groups in total. The summed E-state index contributed by atoms with van der Waals surface area (Å²) in [5.41, 5.74) is 3.55. The van der Waals surface area contributed by atoms with Crippen molar-refractivity contribution in [2.24, 2.45) is 0 Å². The fraction of sp³-hybridized carbons (Fsp3) is 0.174. The number of carbonyl (C=O) groups excluding carboxylic acids is 1. The van der Waals surface area contributed by atoms with E-state index in [9.17, 15) is 9.18 Å². The average Bonchev–Trinajstić information content (AvgIpc) is 2.69. The minimum absolute atomic E-state index is 0.0127. The molecule has 4 heteroatoms. The molecule has 4 rings (SSSR count). The molecule has 2 atom stereocenters. The Bertz CT molecular complexity index is 940. The van der Waals surface area contributed by atoms with Crippen LogP contribution in [-0.2, 0) is 0 Å². The maximum atomic E-state index is 13.2. The van der Waals surface area contributed by atoms with Crippen LogP contribution in [0.25, 0.3) is 0 Å². The summed E-state index contributed by atoms with van der Waals surface area (Å²) in [7, 11) is 0. The number of amides is 1. The van der Waals surface area contributed by atoms with Gasteiger partial charge in [-0.2, -0.15) is 0 Å². The molecule has 0 saturated carbocycles. The van der Waals surface area contributed by atoms with Gasteiger partial charge in [0.05, 0.1) is 6.04 Å². The molecule has 27 heavy (non-hydrogen) atoms. The van der Waals surface area contributed by atoms with E-state index in [0.717, 1.165) is 23.4 Å². The van der Waals surface area contributed by atoms with Crippen LogP contribution in [0.15, 0.2) is 78.9 Å². The summed E-state index contributed by atoms with van der Waals surface area (Å²) >= 11 is 0. The predicted molar refractivity (Wildman–Crippen MR) is 107 cm³/mol. The van der Waals surface area contributed by atoms with E-state index < -0.39 is 0 Å². The monoisotopic (exact) mass is 360 g/mol. The third-order valence-corrected chi connectivity index (χ3v) is 5.01. The highest BCUT2D eigenvalue weighted by atomic mass is 19.1. The smallest absolute Gasteiger partial charge is 0.258 e. The van der Waals surface area contributed by atoms with Gasteiger partial charge < -0.3 is 10.2 Å². The lowest BCUT2D eigenvalue weighted by Gasteiger charge is -2.40. The Morgan fingerprint density at radius 1 is 0.963 bits per heavy atom. The number of nitrogens with one attached hydrogen (secondary N) is 1. The summed E-state index contributed by atoms with van der Waals surface area (Å²) in [6, 6.07) is 23.9. The van der Waals surface area contributed by atoms with Gasteiger partial charge in [-0.25, -0.2) is 4.39 Å². The zero-order valence-electron chi connectivity index (χ0n) is 15.1. The van der Waals surface area contributed by atoms with E-state index in [1.54, 1.807) is 12.1 Å². The molecular formula is C23H21FN2O. The van der Waals surface area contributed by atoms with Crippen LogP contribution in [0.2, 0.25) is 0 Å². The molecular weight excluding hydrogens is 339 g/mol. The van der Waals surface area contributed by atoms with E-state index in [0.29, 0.717) is 5.56 Å². The summed E-state index contributed by atoms with van der Waals surface area (Å²) in [6.45, 7) is 2.05. The van der Waals surface area contributed by atoms with Crippen LogP contribution >= 0.6 is 0 Å². The molecule has 3 nitrogen and oxygen atoms in total. The molecule has 1 aliphatic heterocycles. The lowest BCUT2D eigenvalue weighted by molar-refractivity contribution is 0.0974. The fourth-order valence-electron chi connectivity index (χ4n) is 3.73. The topological polar surface area (TPSA) is 32.3 Å². The molecule has 0 radical (unpaired) electrons. The SMILES string of the molecule is C[C@H]1C[C@@H](Nc2ccccc2)c2ccccc2N1C(=O)c1ccc(F)cc1. The van der Waals surface area contributed by atoms with Crippen LogP contribution in [0, 0.1) is 5.82 Å². The van der Waals surface area contributed by atoms with Crippen LogP contribution < -0.4 is 10.2 Å². The molecule has 0 fully saturated rings. The van der Waals surface area contributed by atoms with Gasteiger partial charge in [0, 0.05) is 23.0 Å². The molecule has 0 aromatic heterocycles. The average molecular weight is 360 g/mol. The zero-order valence-corrected chi connectivity index (χ0v) is 15.1. The van der Waals surface area contributed by atoms with Crippen LogP contribution in [0.1, 0.15) is 35.3 Å². The first-order chi connectivity index (χ1) is 13.1. The Morgan fingerprint density at radius 3 is 2.37 bits per heavy atom. The number of hydrogen-bond acceptors (Lipinski definition) is 2. The normalized spacial score (nSPS) is 18.7. The quantitative estimate of drug-likeness (QED) is 0.676. The van der Waals surface area contributed by atoms with Crippen molar-refractivity contribution in [3.05, 3.63) is 95.8 Å². The molecule has 3 aromatic rings. The van der Waals surface area contributed by atoms with Crippen molar-refractivity contribution in [2.45, 2.75) is 25.4 Å². The van der Waals surface area contributed by atoms with Crippen molar-refractivity contribution >= 4 is 17.3 Å². The molecule has 1 amide bonds. The van der Waals surface area contributed by atoms with E-state index in [2.05, 4.69) is 18.3 Å². The number of para-hydroxylation sites is 2. The van der Waals surface area contributed by atoms with Gasteiger partial charge in [0.1, 0.15) is 5.82 Å².